The summed E-state index contributed by atoms with van der Waals surface area (Å²) in [4.78, 5) is 29.0. The number of rotatable bonds is 9. The number of amides is 1. The van der Waals surface area contributed by atoms with Gasteiger partial charge in [0.15, 0.2) is 0 Å². The number of hydrogen-bond donors (Lipinski definition) is 2. The second-order valence-electron chi connectivity index (χ2n) is 12.9. The van der Waals surface area contributed by atoms with Crippen molar-refractivity contribution in [1.29, 1.82) is 0 Å². The van der Waals surface area contributed by atoms with E-state index >= 15 is 0 Å². The first-order chi connectivity index (χ1) is 20.3. The highest BCUT2D eigenvalue weighted by atomic mass is 35.5. The highest BCUT2D eigenvalue weighted by Crippen LogP contribution is 2.46. The summed E-state index contributed by atoms with van der Waals surface area (Å²) in [6, 6.07) is 11.2. The topological polar surface area (TPSA) is 130 Å². The molecule has 0 saturated heterocycles. The zero-order chi connectivity index (χ0) is 31.1. The third-order valence-corrected chi connectivity index (χ3v) is 11.8. The number of aryl methyl sites for hydroxylation is 1. The molecule has 3 aliphatic rings. The van der Waals surface area contributed by atoms with Crippen molar-refractivity contribution in [3.8, 4) is 5.75 Å². The van der Waals surface area contributed by atoms with Crippen LogP contribution in [0.3, 0.4) is 0 Å². The summed E-state index contributed by atoms with van der Waals surface area (Å²) in [7, 11) is -1.94. The normalized spacial score (nSPS) is 24.5. The summed E-state index contributed by atoms with van der Waals surface area (Å²) in [6.07, 6.45) is 5.06. The number of fused-ring (bicyclic) bond motifs is 3. The smallest absolute Gasteiger partial charge is 0.335 e. The van der Waals surface area contributed by atoms with Crippen LogP contribution in [0.5, 0.6) is 5.75 Å². The first kappa shape index (κ1) is 31.6. The van der Waals surface area contributed by atoms with Crippen molar-refractivity contribution in [3.05, 3.63) is 58.1 Å². The summed E-state index contributed by atoms with van der Waals surface area (Å²) in [5, 5.41) is 15.0. The Hall–Kier alpha value is -2.82. The van der Waals surface area contributed by atoms with E-state index in [1.54, 1.807) is 44.0 Å². The Morgan fingerprint density at radius 1 is 1.19 bits per heavy atom. The zero-order valence-corrected chi connectivity index (χ0v) is 26.7. The van der Waals surface area contributed by atoms with E-state index in [0.29, 0.717) is 31.4 Å². The number of halogens is 1. The first-order valence-electron chi connectivity index (χ1n) is 15.1. The minimum Gasteiger partial charge on any atom is -0.490 e. The van der Waals surface area contributed by atoms with Gasteiger partial charge in [0.05, 0.1) is 23.1 Å². The monoisotopic (exact) mass is 631 g/mol. The van der Waals surface area contributed by atoms with Gasteiger partial charge in [-0.05, 0) is 98.2 Å². The lowest BCUT2D eigenvalue weighted by Gasteiger charge is -2.45. The molecule has 5 atom stereocenters. The number of ether oxygens (including phenoxy) is 1. The molecular weight excluding hydrogens is 590 g/mol. The number of hydrogen-bond acceptors (Lipinski definition) is 6. The maximum atomic E-state index is 13.0. The maximum Gasteiger partial charge on any atom is 0.335 e. The molecular formula is C32H42ClN3O6S. The standard InChI is InChI=1S/C32H42ClN3O6S/c1-20(21(2)43(34,40)41)13-30(37)35(3)16-24-6-7-25(24)17-36-18-32(12-4-5-22-14-26(33)9-10-27(22)32)19-42-29-11-8-23(31(38)39)15-28(29)36/h8-11,14-15,20-21,24-25H,4-7,12-13,16-19H2,1-3H3,(H,38,39)(H2,34,40,41)/t20-,21+,24+,25+,32+/m1/s1. The summed E-state index contributed by atoms with van der Waals surface area (Å²) in [5.74, 6) is -0.186. The van der Waals surface area contributed by atoms with Crippen molar-refractivity contribution in [3.63, 3.8) is 0 Å². The number of sulfonamides is 1. The second kappa shape index (κ2) is 12.3. The number of carboxylic acid groups (broad SMARTS) is 1. The Bertz CT molecular complexity index is 1500. The number of nitrogens with zero attached hydrogens (tertiary/aromatic N) is 2. The summed E-state index contributed by atoms with van der Waals surface area (Å²) in [5.41, 5.74) is 3.24. The molecule has 2 aliphatic carbocycles. The fourth-order valence-electron chi connectivity index (χ4n) is 7.02. The van der Waals surface area contributed by atoms with Crippen molar-refractivity contribution in [2.24, 2.45) is 22.9 Å². The molecule has 0 radical (unpaired) electrons. The molecule has 5 rings (SSSR count). The van der Waals surface area contributed by atoms with Crippen LogP contribution in [0.15, 0.2) is 36.4 Å². The van der Waals surface area contributed by atoms with Crippen LogP contribution in [0.4, 0.5) is 5.69 Å². The molecule has 9 nitrogen and oxygen atoms in total. The number of aromatic carboxylic acids is 1. The average molecular weight is 632 g/mol. The molecule has 11 heteroatoms. The summed E-state index contributed by atoms with van der Waals surface area (Å²) in [6.45, 7) is 5.77. The van der Waals surface area contributed by atoms with Gasteiger partial charge < -0.3 is 19.6 Å². The van der Waals surface area contributed by atoms with Gasteiger partial charge in [0.2, 0.25) is 15.9 Å². The van der Waals surface area contributed by atoms with E-state index in [-0.39, 0.29) is 35.1 Å². The molecule has 1 saturated carbocycles. The fourth-order valence-corrected chi connectivity index (χ4v) is 7.96. The van der Waals surface area contributed by atoms with Crippen LogP contribution in [0.2, 0.25) is 5.02 Å². The van der Waals surface area contributed by atoms with Crippen LogP contribution in [-0.2, 0) is 26.7 Å². The number of anilines is 1. The molecule has 0 bridgehead atoms. The number of nitrogens with two attached hydrogens (primary N) is 1. The SMILES string of the molecule is C[C@H](CC(=O)N(C)C[C@@H]1CC[C@H]1CN1C[C@@]2(CCCc3cc(Cl)ccc32)COc2ccc(C(=O)O)cc21)[C@H](C)S(N)(=O)=O. The van der Waals surface area contributed by atoms with Gasteiger partial charge in [0.1, 0.15) is 5.75 Å². The Morgan fingerprint density at radius 2 is 1.93 bits per heavy atom. The van der Waals surface area contributed by atoms with Gasteiger partial charge in [-0.15, -0.1) is 0 Å². The quantitative estimate of drug-likeness (QED) is 0.410. The lowest BCUT2D eigenvalue weighted by Crippen LogP contribution is -2.49. The number of benzene rings is 2. The Balaban J connectivity index is 1.36. The van der Waals surface area contributed by atoms with Crippen LogP contribution in [-0.4, -0.2) is 68.8 Å². The van der Waals surface area contributed by atoms with Gasteiger partial charge >= 0.3 is 5.97 Å². The average Bonchev–Trinajstić information content (AvgIpc) is 3.09. The maximum absolute atomic E-state index is 13.0. The van der Waals surface area contributed by atoms with Gasteiger partial charge in [-0.3, -0.25) is 4.79 Å². The predicted molar refractivity (Wildman–Crippen MR) is 167 cm³/mol. The first-order valence-corrected chi connectivity index (χ1v) is 17.1. The largest absolute Gasteiger partial charge is 0.490 e. The Labute approximate surface area is 259 Å². The van der Waals surface area contributed by atoms with Gasteiger partial charge in [-0.2, -0.15) is 0 Å². The molecule has 1 fully saturated rings. The minimum absolute atomic E-state index is 0.0929. The van der Waals surface area contributed by atoms with Crippen LogP contribution in [0.1, 0.15) is 67.4 Å². The second-order valence-corrected chi connectivity index (χ2v) is 15.3. The minimum atomic E-state index is -3.71. The van der Waals surface area contributed by atoms with Crippen molar-refractivity contribution in [1.82, 2.24) is 4.90 Å². The summed E-state index contributed by atoms with van der Waals surface area (Å²) >= 11 is 6.37. The van der Waals surface area contributed by atoms with Crippen molar-refractivity contribution in [2.45, 2.75) is 63.0 Å². The molecule has 234 valence electrons. The molecule has 0 aromatic heterocycles. The van der Waals surface area contributed by atoms with Crippen molar-refractivity contribution in [2.75, 3.05) is 38.2 Å². The molecule has 1 heterocycles. The third kappa shape index (κ3) is 6.66. The van der Waals surface area contributed by atoms with Gasteiger partial charge in [-0.25, -0.2) is 18.4 Å². The Morgan fingerprint density at radius 3 is 2.60 bits per heavy atom. The van der Waals surface area contributed by atoms with Gasteiger partial charge in [0.25, 0.3) is 0 Å². The van der Waals surface area contributed by atoms with Crippen molar-refractivity contribution < 1.29 is 27.9 Å². The molecule has 43 heavy (non-hydrogen) atoms. The highest BCUT2D eigenvalue weighted by Gasteiger charge is 2.43. The number of carbonyl (C=O) groups excluding carboxylic acids is 1. The van der Waals surface area contributed by atoms with E-state index in [1.165, 1.54) is 11.1 Å². The molecule has 2 aromatic rings. The number of carboxylic acids is 1. The van der Waals surface area contributed by atoms with E-state index in [2.05, 4.69) is 17.0 Å². The van der Waals surface area contributed by atoms with Crippen LogP contribution in [0, 0.1) is 17.8 Å². The molecule has 1 aliphatic heterocycles. The molecule has 2 aromatic carbocycles. The van der Waals surface area contributed by atoms with Gasteiger partial charge in [-0.1, -0.05) is 24.6 Å². The van der Waals surface area contributed by atoms with E-state index < -0.39 is 21.2 Å². The lowest BCUT2D eigenvalue weighted by molar-refractivity contribution is -0.132. The van der Waals surface area contributed by atoms with E-state index in [9.17, 15) is 23.1 Å². The van der Waals surface area contributed by atoms with Crippen LogP contribution in [0.25, 0.3) is 0 Å². The van der Waals surface area contributed by atoms with Crippen molar-refractivity contribution >= 4 is 39.2 Å². The third-order valence-electron chi connectivity index (χ3n) is 10.1. The van der Waals surface area contributed by atoms with E-state index in [1.807, 2.05) is 6.07 Å². The molecule has 0 unspecified atom stereocenters. The number of primary sulfonamides is 1. The highest BCUT2D eigenvalue weighted by molar-refractivity contribution is 7.89. The van der Waals surface area contributed by atoms with E-state index in [0.717, 1.165) is 49.4 Å². The summed E-state index contributed by atoms with van der Waals surface area (Å²) < 4.78 is 30.0. The van der Waals surface area contributed by atoms with E-state index in [4.69, 9.17) is 21.5 Å². The molecule has 1 amide bonds. The predicted octanol–water partition coefficient (Wildman–Crippen LogP) is 4.70. The molecule has 3 N–H and O–H groups in total. The number of carbonyl (C=O) groups is 2. The molecule has 1 spiro atoms. The van der Waals surface area contributed by atoms with Crippen LogP contribution < -0.4 is 14.8 Å². The van der Waals surface area contributed by atoms with Crippen LogP contribution >= 0.6 is 11.6 Å². The lowest BCUT2D eigenvalue weighted by atomic mass is 9.69. The zero-order valence-electron chi connectivity index (χ0n) is 25.1. The Kier molecular flexibility index (Phi) is 9.03. The fraction of sp³-hybridized carbons (Fsp3) is 0.562. The van der Waals surface area contributed by atoms with Gasteiger partial charge in [0, 0.05) is 43.5 Å².